The molecular formula is C18H23NO. The molecule has 2 nitrogen and oxygen atoms in total. The van der Waals surface area contributed by atoms with E-state index < -0.39 is 0 Å². The number of ether oxygens (including phenoxy) is 1. The van der Waals surface area contributed by atoms with Crippen LogP contribution in [0.25, 0.3) is 10.8 Å². The zero-order valence-corrected chi connectivity index (χ0v) is 12.1. The van der Waals surface area contributed by atoms with Crippen molar-refractivity contribution in [2.45, 2.75) is 38.3 Å². The normalized spacial score (nSPS) is 17.1. The van der Waals surface area contributed by atoms with E-state index in [0.29, 0.717) is 12.1 Å². The van der Waals surface area contributed by atoms with Crippen molar-refractivity contribution in [2.75, 3.05) is 13.2 Å². The number of nitrogens with one attached hydrogen (secondary N) is 1. The van der Waals surface area contributed by atoms with Gasteiger partial charge in [0.2, 0.25) is 0 Å². The standard InChI is InChI=1S/C18H23NO/c1-2-19-18(13-20-17-8-5-9-17)16-11-10-14-6-3-4-7-15(14)12-16/h3-4,6-7,10-12,17-19H,2,5,8-9,13H2,1H3. The van der Waals surface area contributed by atoms with Crippen LogP contribution in [0.4, 0.5) is 0 Å². The molecule has 2 heteroatoms. The van der Waals surface area contributed by atoms with Gasteiger partial charge in [-0.05, 0) is 48.2 Å². The number of rotatable bonds is 6. The fraction of sp³-hybridized carbons (Fsp3) is 0.444. The summed E-state index contributed by atoms with van der Waals surface area (Å²) in [6, 6.07) is 15.5. The molecule has 1 saturated carbocycles. The third-order valence-corrected chi connectivity index (χ3v) is 4.18. The van der Waals surface area contributed by atoms with Gasteiger partial charge < -0.3 is 10.1 Å². The number of hydrogen-bond donors (Lipinski definition) is 1. The van der Waals surface area contributed by atoms with Crippen LogP contribution < -0.4 is 5.32 Å². The Morgan fingerprint density at radius 1 is 1.15 bits per heavy atom. The van der Waals surface area contributed by atoms with Crippen LogP contribution >= 0.6 is 0 Å². The molecule has 0 spiro atoms. The van der Waals surface area contributed by atoms with Crippen molar-refractivity contribution in [1.29, 1.82) is 0 Å². The summed E-state index contributed by atoms with van der Waals surface area (Å²) < 4.78 is 6.00. The molecule has 1 N–H and O–H groups in total. The van der Waals surface area contributed by atoms with Crippen LogP contribution in [-0.4, -0.2) is 19.3 Å². The molecular weight excluding hydrogens is 246 g/mol. The van der Waals surface area contributed by atoms with Crippen LogP contribution in [0.3, 0.4) is 0 Å². The summed E-state index contributed by atoms with van der Waals surface area (Å²) in [4.78, 5) is 0. The summed E-state index contributed by atoms with van der Waals surface area (Å²) in [5, 5.41) is 6.14. The predicted molar refractivity (Wildman–Crippen MR) is 84.0 cm³/mol. The Bertz CT molecular complexity index is 562. The van der Waals surface area contributed by atoms with E-state index >= 15 is 0 Å². The van der Waals surface area contributed by atoms with Gasteiger partial charge in [0.25, 0.3) is 0 Å². The quantitative estimate of drug-likeness (QED) is 0.854. The van der Waals surface area contributed by atoms with E-state index in [0.717, 1.165) is 13.2 Å². The van der Waals surface area contributed by atoms with Gasteiger partial charge >= 0.3 is 0 Å². The Kier molecular flexibility index (Phi) is 4.34. The molecule has 1 unspecified atom stereocenters. The van der Waals surface area contributed by atoms with Crippen LogP contribution in [0, 0.1) is 0 Å². The molecule has 1 fully saturated rings. The summed E-state index contributed by atoms with van der Waals surface area (Å²) in [6.45, 7) is 3.89. The van der Waals surface area contributed by atoms with Gasteiger partial charge in [0, 0.05) is 0 Å². The lowest BCUT2D eigenvalue weighted by Gasteiger charge is -2.28. The molecule has 0 radical (unpaired) electrons. The second-order valence-electron chi connectivity index (χ2n) is 5.60. The minimum absolute atomic E-state index is 0.296. The van der Waals surface area contributed by atoms with Gasteiger partial charge in [-0.25, -0.2) is 0 Å². The second-order valence-corrected chi connectivity index (χ2v) is 5.60. The molecule has 1 aliphatic carbocycles. The Morgan fingerprint density at radius 3 is 2.65 bits per heavy atom. The van der Waals surface area contributed by atoms with E-state index in [1.165, 1.54) is 35.6 Å². The lowest BCUT2D eigenvalue weighted by atomic mass is 9.96. The van der Waals surface area contributed by atoms with Crippen LogP contribution in [0.1, 0.15) is 37.8 Å². The first-order valence-corrected chi connectivity index (χ1v) is 7.70. The Morgan fingerprint density at radius 2 is 1.95 bits per heavy atom. The summed E-state index contributed by atoms with van der Waals surface area (Å²) in [6.07, 6.45) is 4.29. The summed E-state index contributed by atoms with van der Waals surface area (Å²) in [5.74, 6) is 0. The molecule has 106 valence electrons. The molecule has 1 aliphatic rings. The van der Waals surface area contributed by atoms with Crippen molar-refractivity contribution in [2.24, 2.45) is 0 Å². The third kappa shape index (κ3) is 3.02. The van der Waals surface area contributed by atoms with E-state index in [-0.39, 0.29) is 0 Å². The van der Waals surface area contributed by atoms with Gasteiger partial charge in [0.15, 0.2) is 0 Å². The Hall–Kier alpha value is -1.38. The SMILES string of the molecule is CCNC(COC1CCC1)c1ccc2ccccc2c1. The smallest absolute Gasteiger partial charge is 0.0665 e. The summed E-state index contributed by atoms with van der Waals surface area (Å²) in [7, 11) is 0. The molecule has 0 bridgehead atoms. The van der Waals surface area contributed by atoms with Crippen LogP contribution in [0.15, 0.2) is 42.5 Å². The minimum atomic E-state index is 0.296. The van der Waals surface area contributed by atoms with Crippen molar-refractivity contribution in [1.82, 2.24) is 5.32 Å². The van der Waals surface area contributed by atoms with Crippen LogP contribution in [-0.2, 0) is 4.74 Å². The summed E-state index contributed by atoms with van der Waals surface area (Å²) in [5.41, 5.74) is 1.32. The molecule has 2 aromatic rings. The maximum atomic E-state index is 6.00. The monoisotopic (exact) mass is 269 g/mol. The molecule has 20 heavy (non-hydrogen) atoms. The third-order valence-electron chi connectivity index (χ3n) is 4.18. The highest BCUT2D eigenvalue weighted by molar-refractivity contribution is 5.83. The lowest BCUT2D eigenvalue weighted by molar-refractivity contribution is -0.00859. The fourth-order valence-electron chi connectivity index (χ4n) is 2.71. The van der Waals surface area contributed by atoms with E-state index in [9.17, 15) is 0 Å². The van der Waals surface area contributed by atoms with Gasteiger partial charge in [-0.2, -0.15) is 0 Å². The maximum Gasteiger partial charge on any atom is 0.0665 e. The van der Waals surface area contributed by atoms with Gasteiger partial charge in [0.05, 0.1) is 18.8 Å². The molecule has 3 rings (SSSR count). The Labute approximate surface area is 121 Å². The zero-order chi connectivity index (χ0) is 13.8. The average molecular weight is 269 g/mol. The molecule has 0 amide bonds. The van der Waals surface area contributed by atoms with Gasteiger partial charge in [-0.1, -0.05) is 43.3 Å². The molecule has 2 aromatic carbocycles. The lowest BCUT2D eigenvalue weighted by Crippen LogP contribution is -2.30. The summed E-state index contributed by atoms with van der Waals surface area (Å²) >= 11 is 0. The van der Waals surface area contributed by atoms with Gasteiger partial charge in [-0.3, -0.25) is 0 Å². The highest BCUT2D eigenvalue weighted by Gasteiger charge is 2.20. The number of hydrogen-bond acceptors (Lipinski definition) is 2. The van der Waals surface area contributed by atoms with Crippen molar-refractivity contribution < 1.29 is 4.74 Å². The maximum absolute atomic E-state index is 6.00. The minimum Gasteiger partial charge on any atom is -0.376 e. The topological polar surface area (TPSA) is 21.3 Å². The first-order chi connectivity index (χ1) is 9.86. The fourth-order valence-corrected chi connectivity index (χ4v) is 2.71. The van der Waals surface area contributed by atoms with Crippen molar-refractivity contribution in [3.05, 3.63) is 48.0 Å². The first-order valence-electron chi connectivity index (χ1n) is 7.70. The van der Waals surface area contributed by atoms with Gasteiger partial charge in [-0.15, -0.1) is 0 Å². The highest BCUT2D eigenvalue weighted by atomic mass is 16.5. The largest absolute Gasteiger partial charge is 0.376 e. The van der Waals surface area contributed by atoms with Crippen molar-refractivity contribution in [3.8, 4) is 0 Å². The van der Waals surface area contributed by atoms with E-state index in [2.05, 4.69) is 54.7 Å². The van der Waals surface area contributed by atoms with Crippen molar-refractivity contribution >= 4 is 10.8 Å². The number of fused-ring (bicyclic) bond motifs is 1. The first kappa shape index (κ1) is 13.6. The zero-order valence-electron chi connectivity index (χ0n) is 12.1. The van der Waals surface area contributed by atoms with E-state index in [1.54, 1.807) is 0 Å². The van der Waals surface area contributed by atoms with E-state index in [4.69, 9.17) is 4.74 Å². The van der Waals surface area contributed by atoms with Crippen LogP contribution in [0.5, 0.6) is 0 Å². The average Bonchev–Trinajstić information content (AvgIpc) is 2.44. The highest BCUT2D eigenvalue weighted by Crippen LogP contribution is 2.25. The van der Waals surface area contributed by atoms with E-state index in [1.807, 2.05) is 0 Å². The molecule has 0 aliphatic heterocycles. The Balaban J connectivity index is 1.76. The molecule has 0 aromatic heterocycles. The second kappa shape index (κ2) is 6.38. The number of likely N-dealkylation sites (N-methyl/N-ethyl adjacent to an activating group) is 1. The van der Waals surface area contributed by atoms with Gasteiger partial charge in [0.1, 0.15) is 0 Å². The molecule has 0 saturated heterocycles. The molecule has 1 atom stereocenters. The van der Waals surface area contributed by atoms with Crippen LogP contribution in [0.2, 0.25) is 0 Å². The number of benzene rings is 2. The molecule has 0 heterocycles. The predicted octanol–water partition coefficient (Wildman–Crippen LogP) is 4.06. The van der Waals surface area contributed by atoms with Crippen molar-refractivity contribution in [3.63, 3.8) is 0 Å².